The summed E-state index contributed by atoms with van der Waals surface area (Å²) in [4.78, 5) is 2.47. The predicted octanol–water partition coefficient (Wildman–Crippen LogP) is 2.47. The first-order valence-electron chi connectivity index (χ1n) is 7.15. The van der Waals surface area contributed by atoms with Gasteiger partial charge in [-0.1, -0.05) is 6.92 Å². The van der Waals surface area contributed by atoms with Gasteiger partial charge in [0.05, 0.1) is 7.11 Å². The molecule has 0 bridgehead atoms. The van der Waals surface area contributed by atoms with Crippen LogP contribution in [0.3, 0.4) is 0 Å². The van der Waals surface area contributed by atoms with Crippen molar-refractivity contribution in [2.75, 3.05) is 32.1 Å². The monoisotopic (exact) mass is 293 g/mol. The average Bonchev–Trinajstić information content (AvgIpc) is 2.49. The molecular weight excluding hydrogens is 270 g/mol. The van der Waals surface area contributed by atoms with Gasteiger partial charge in [0.25, 0.3) is 0 Å². The third kappa shape index (κ3) is 4.35. The Kier molecular flexibility index (Phi) is 5.61. The number of rotatable bonds is 4. The number of hydrogen-bond acceptors (Lipinski definition) is 3. The summed E-state index contributed by atoms with van der Waals surface area (Å²) in [7, 11) is 1.66. The molecule has 0 amide bonds. The molecule has 1 aliphatic rings. The van der Waals surface area contributed by atoms with E-state index in [1.54, 1.807) is 7.11 Å². The molecule has 0 radical (unpaired) electrons. The molecule has 4 nitrogen and oxygen atoms in total. The van der Waals surface area contributed by atoms with E-state index in [9.17, 15) is 0 Å². The highest BCUT2D eigenvalue weighted by atomic mass is 32.1. The van der Waals surface area contributed by atoms with E-state index in [4.69, 9.17) is 17.0 Å². The Morgan fingerprint density at radius 1 is 1.30 bits per heavy atom. The van der Waals surface area contributed by atoms with Crippen LogP contribution >= 0.6 is 12.2 Å². The maximum Gasteiger partial charge on any atom is 0.170 e. The van der Waals surface area contributed by atoms with E-state index in [0.717, 1.165) is 43.9 Å². The molecule has 0 unspecified atom stereocenters. The molecule has 2 N–H and O–H groups in total. The minimum Gasteiger partial charge on any atom is -0.497 e. The lowest BCUT2D eigenvalue weighted by Crippen LogP contribution is -2.45. The molecule has 1 saturated heterocycles. The van der Waals surface area contributed by atoms with Gasteiger partial charge >= 0.3 is 0 Å². The van der Waals surface area contributed by atoms with E-state index in [0.29, 0.717) is 11.2 Å². The molecule has 1 heterocycles. The number of benzene rings is 1. The third-order valence-electron chi connectivity index (χ3n) is 3.72. The highest BCUT2D eigenvalue weighted by molar-refractivity contribution is 7.80. The highest BCUT2D eigenvalue weighted by Crippen LogP contribution is 2.15. The van der Waals surface area contributed by atoms with Crippen LogP contribution in [0.1, 0.15) is 19.8 Å². The summed E-state index contributed by atoms with van der Waals surface area (Å²) in [6.07, 6.45) is 2.30. The molecule has 20 heavy (non-hydrogen) atoms. The summed E-state index contributed by atoms with van der Waals surface area (Å²) in [6.45, 7) is 5.66. The van der Waals surface area contributed by atoms with Crippen molar-refractivity contribution in [2.45, 2.75) is 25.8 Å². The van der Waals surface area contributed by atoms with Gasteiger partial charge in [0.1, 0.15) is 5.75 Å². The predicted molar refractivity (Wildman–Crippen MR) is 87.5 cm³/mol. The van der Waals surface area contributed by atoms with Crippen LogP contribution in [0.15, 0.2) is 24.3 Å². The SMILES string of the molecule is CCN1CCC(NC(=S)Nc2ccc(OC)cc2)CC1. The van der Waals surface area contributed by atoms with Gasteiger partial charge in [-0.3, -0.25) is 0 Å². The topological polar surface area (TPSA) is 36.5 Å². The maximum absolute atomic E-state index is 5.37. The molecule has 1 aliphatic heterocycles. The number of hydrogen-bond donors (Lipinski definition) is 2. The van der Waals surface area contributed by atoms with Gasteiger partial charge in [-0.25, -0.2) is 0 Å². The van der Waals surface area contributed by atoms with Crippen LogP contribution in [0.25, 0.3) is 0 Å². The number of likely N-dealkylation sites (tertiary alicyclic amines) is 1. The molecular formula is C15H23N3OS. The van der Waals surface area contributed by atoms with Gasteiger partial charge in [-0.15, -0.1) is 0 Å². The largest absolute Gasteiger partial charge is 0.497 e. The number of piperidine rings is 1. The quantitative estimate of drug-likeness (QED) is 0.834. The third-order valence-corrected chi connectivity index (χ3v) is 3.94. The zero-order valence-electron chi connectivity index (χ0n) is 12.2. The van der Waals surface area contributed by atoms with Gasteiger partial charge in [0, 0.05) is 24.8 Å². The number of nitrogens with one attached hydrogen (secondary N) is 2. The van der Waals surface area contributed by atoms with Crippen LogP contribution in [0.5, 0.6) is 5.75 Å². The van der Waals surface area contributed by atoms with Gasteiger partial charge in [0.2, 0.25) is 0 Å². The van der Waals surface area contributed by atoms with E-state index in [1.165, 1.54) is 0 Å². The number of thiocarbonyl (C=S) groups is 1. The first kappa shape index (κ1) is 15.1. The summed E-state index contributed by atoms with van der Waals surface area (Å²) < 4.78 is 5.14. The van der Waals surface area contributed by atoms with E-state index >= 15 is 0 Å². The fourth-order valence-corrected chi connectivity index (χ4v) is 2.70. The smallest absolute Gasteiger partial charge is 0.170 e. The average molecular weight is 293 g/mol. The molecule has 110 valence electrons. The summed E-state index contributed by atoms with van der Waals surface area (Å²) in [6, 6.07) is 8.25. The standard InChI is InChI=1S/C15H23N3OS/c1-3-18-10-8-13(9-11-18)17-15(20)16-12-4-6-14(19-2)7-5-12/h4-7,13H,3,8-11H2,1-2H3,(H2,16,17,20). The molecule has 1 aromatic rings. The minimum absolute atomic E-state index is 0.482. The van der Waals surface area contributed by atoms with Crippen LogP contribution < -0.4 is 15.4 Å². The Balaban J connectivity index is 1.77. The van der Waals surface area contributed by atoms with Crippen molar-refractivity contribution >= 4 is 23.0 Å². The van der Waals surface area contributed by atoms with Crippen LogP contribution in [-0.2, 0) is 0 Å². The summed E-state index contributed by atoms with van der Waals surface area (Å²) in [5, 5.41) is 7.32. The Morgan fingerprint density at radius 2 is 1.95 bits per heavy atom. The molecule has 1 aromatic carbocycles. The minimum atomic E-state index is 0.482. The van der Waals surface area contributed by atoms with Crippen LogP contribution in [0.2, 0.25) is 0 Å². The highest BCUT2D eigenvalue weighted by Gasteiger charge is 2.18. The summed E-state index contributed by atoms with van der Waals surface area (Å²) in [5.41, 5.74) is 0.981. The number of anilines is 1. The van der Waals surface area contributed by atoms with E-state index in [1.807, 2.05) is 24.3 Å². The second-order valence-electron chi connectivity index (χ2n) is 5.04. The van der Waals surface area contributed by atoms with Crippen molar-refractivity contribution in [3.8, 4) is 5.75 Å². The zero-order chi connectivity index (χ0) is 14.4. The van der Waals surface area contributed by atoms with Crippen molar-refractivity contribution in [3.05, 3.63) is 24.3 Å². The van der Waals surface area contributed by atoms with Crippen LogP contribution in [-0.4, -0.2) is 42.8 Å². The van der Waals surface area contributed by atoms with Crippen LogP contribution in [0, 0.1) is 0 Å². The van der Waals surface area contributed by atoms with E-state index in [-0.39, 0.29) is 0 Å². The van der Waals surface area contributed by atoms with Gasteiger partial charge in [-0.2, -0.15) is 0 Å². The molecule has 0 aromatic heterocycles. The molecule has 5 heteroatoms. The van der Waals surface area contributed by atoms with Gasteiger partial charge < -0.3 is 20.3 Å². The second kappa shape index (κ2) is 7.45. The lowest BCUT2D eigenvalue weighted by atomic mass is 10.1. The molecule has 0 saturated carbocycles. The van der Waals surface area contributed by atoms with E-state index in [2.05, 4.69) is 22.5 Å². The zero-order valence-corrected chi connectivity index (χ0v) is 13.0. The number of methoxy groups -OCH3 is 1. The maximum atomic E-state index is 5.37. The Morgan fingerprint density at radius 3 is 2.50 bits per heavy atom. The fourth-order valence-electron chi connectivity index (χ4n) is 2.42. The first-order chi connectivity index (χ1) is 9.71. The second-order valence-corrected chi connectivity index (χ2v) is 5.44. The van der Waals surface area contributed by atoms with Crippen molar-refractivity contribution in [2.24, 2.45) is 0 Å². The lowest BCUT2D eigenvalue weighted by Gasteiger charge is -2.32. The summed E-state index contributed by atoms with van der Waals surface area (Å²) in [5.74, 6) is 0.848. The lowest BCUT2D eigenvalue weighted by molar-refractivity contribution is 0.216. The van der Waals surface area contributed by atoms with Gasteiger partial charge in [0.15, 0.2) is 5.11 Å². The van der Waals surface area contributed by atoms with Crippen molar-refractivity contribution in [1.29, 1.82) is 0 Å². The molecule has 0 spiro atoms. The number of ether oxygens (including phenoxy) is 1. The fraction of sp³-hybridized carbons (Fsp3) is 0.533. The Hall–Kier alpha value is -1.33. The van der Waals surface area contributed by atoms with Gasteiger partial charge in [-0.05, 0) is 55.9 Å². The Labute approximate surface area is 126 Å². The number of nitrogens with zero attached hydrogens (tertiary/aromatic N) is 1. The molecule has 0 aliphatic carbocycles. The van der Waals surface area contributed by atoms with Crippen LogP contribution in [0.4, 0.5) is 5.69 Å². The molecule has 1 fully saturated rings. The normalized spacial score (nSPS) is 16.7. The van der Waals surface area contributed by atoms with Crippen molar-refractivity contribution in [1.82, 2.24) is 10.2 Å². The van der Waals surface area contributed by atoms with E-state index < -0.39 is 0 Å². The molecule has 0 atom stereocenters. The van der Waals surface area contributed by atoms with Crippen molar-refractivity contribution < 1.29 is 4.74 Å². The van der Waals surface area contributed by atoms with Crippen molar-refractivity contribution in [3.63, 3.8) is 0 Å². The Bertz CT molecular complexity index is 427. The summed E-state index contributed by atoms with van der Waals surface area (Å²) >= 11 is 5.37. The first-order valence-corrected chi connectivity index (χ1v) is 7.56. The molecule has 2 rings (SSSR count).